The maximum Gasteiger partial charge on any atom is 0.0576 e. The van der Waals surface area contributed by atoms with Crippen molar-refractivity contribution in [2.24, 2.45) is 17.8 Å². The molecule has 2 fully saturated rings. The molecule has 2 nitrogen and oxygen atoms in total. The fraction of sp³-hybridized carbons (Fsp3) is 1.00. The molecular formula is C18H35NO. The van der Waals surface area contributed by atoms with Crippen LogP contribution in [0.25, 0.3) is 0 Å². The summed E-state index contributed by atoms with van der Waals surface area (Å²) in [5.74, 6) is 2.69. The SMILES string of the molecule is CC(C)CNCC1CCCCC1CCCC1CCCO1. The third kappa shape index (κ3) is 5.73. The van der Waals surface area contributed by atoms with Crippen LogP contribution in [0.5, 0.6) is 0 Å². The molecule has 2 heteroatoms. The van der Waals surface area contributed by atoms with Gasteiger partial charge in [0.25, 0.3) is 0 Å². The summed E-state index contributed by atoms with van der Waals surface area (Å²) in [5, 5.41) is 3.69. The van der Waals surface area contributed by atoms with Crippen LogP contribution < -0.4 is 5.32 Å². The van der Waals surface area contributed by atoms with Crippen molar-refractivity contribution in [3.05, 3.63) is 0 Å². The van der Waals surface area contributed by atoms with Gasteiger partial charge < -0.3 is 10.1 Å². The lowest BCUT2D eigenvalue weighted by molar-refractivity contribution is 0.0979. The second-order valence-corrected chi connectivity index (χ2v) is 7.42. The predicted molar refractivity (Wildman–Crippen MR) is 86.0 cm³/mol. The Morgan fingerprint density at radius 3 is 2.50 bits per heavy atom. The van der Waals surface area contributed by atoms with Gasteiger partial charge in [-0.25, -0.2) is 0 Å². The molecule has 0 amide bonds. The van der Waals surface area contributed by atoms with E-state index >= 15 is 0 Å². The molecule has 1 saturated carbocycles. The van der Waals surface area contributed by atoms with Crippen molar-refractivity contribution in [1.82, 2.24) is 5.32 Å². The molecule has 1 heterocycles. The lowest BCUT2D eigenvalue weighted by Crippen LogP contribution is -2.32. The molecule has 0 aromatic carbocycles. The Labute approximate surface area is 126 Å². The molecule has 1 aliphatic carbocycles. The Morgan fingerprint density at radius 2 is 1.80 bits per heavy atom. The van der Waals surface area contributed by atoms with E-state index in [1.165, 1.54) is 70.9 Å². The number of rotatable bonds is 8. The van der Waals surface area contributed by atoms with E-state index in [4.69, 9.17) is 4.74 Å². The third-order valence-electron chi connectivity index (χ3n) is 5.15. The Morgan fingerprint density at radius 1 is 1.00 bits per heavy atom. The van der Waals surface area contributed by atoms with Crippen molar-refractivity contribution >= 4 is 0 Å². The average molecular weight is 281 g/mol. The predicted octanol–water partition coefficient (Wildman–Crippen LogP) is 4.39. The zero-order chi connectivity index (χ0) is 14.2. The number of nitrogens with one attached hydrogen (secondary N) is 1. The second-order valence-electron chi connectivity index (χ2n) is 7.42. The molecular weight excluding hydrogens is 246 g/mol. The van der Waals surface area contributed by atoms with Crippen LogP contribution in [-0.2, 0) is 4.74 Å². The van der Waals surface area contributed by atoms with Crippen LogP contribution in [0.15, 0.2) is 0 Å². The fourth-order valence-electron chi connectivity index (χ4n) is 3.97. The zero-order valence-corrected chi connectivity index (χ0v) is 13.7. The van der Waals surface area contributed by atoms with Crippen LogP contribution in [0.2, 0.25) is 0 Å². The van der Waals surface area contributed by atoms with Gasteiger partial charge in [0, 0.05) is 6.61 Å². The Balaban J connectivity index is 1.63. The number of hydrogen-bond donors (Lipinski definition) is 1. The molecule has 1 saturated heterocycles. The van der Waals surface area contributed by atoms with E-state index in [-0.39, 0.29) is 0 Å². The molecule has 0 radical (unpaired) electrons. The first-order chi connectivity index (χ1) is 9.75. The molecule has 1 N–H and O–H groups in total. The van der Waals surface area contributed by atoms with Gasteiger partial charge >= 0.3 is 0 Å². The Hall–Kier alpha value is -0.0800. The van der Waals surface area contributed by atoms with Gasteiger partial charge in [-0.05, 0) is 56.5 Å². The monoisotopic (exact) mass is 281 g/mol. The van der Waals surface area contributed by atoms with Gasteiger partial charge in [0.1, 0.15) is 0 Å². The normalized spacial score (nSPS) is 31.1. The molecule has 0 spiro atoms. The van der Waals surface area contributed by atoms with E-state index in [2.05, 4.69) is 19.2 Å². The lowest BCUT2D eigenvalue weighted by atomic mass is 9.76. The first-order valence-electron chi connectivity index (χ1n) is 9.08. The molecule has 0 aromatic rings. The summed E-state index contributed by atoms with van der Waals surface area (Å²) in [6.07, 6.45) is 13.2. The van der Waals surface area contributed by atoms with Crippen molar-refractivity contribution < 1.29 is 4.74 Å². The second kappa shape index (κ2) is 9.04. The summed E-state index contributed by atoms with van der Waals surface area (Å²) < 4.78 is 5.75. The molecule has 3 unspecified atom stereocenters. The van der Waals surface area contributed by atoms with Gasteiger partial charge in [-0.15, -0.1) is 0 Å². The van der Waals surface area contributed by atoms with Crippen LogP contribution in [0.1, 0.15) is 71.6 Å². The topological polar surface area (TPSA) is 21.3 Å². The zero-order valence-electron chi connectivity index (χ0n) is 13.7. The number of ether oxygens (including phenoxy) is 1. The van der Waals surface area contributed by atoms with Gasteiger partial charge in [0.05, 0.1) is 6.10 Å². The van der Waals surface area contributed by atoms with E-state index in [1.807, 2.05) is 0 Å². The van der Waals surface area contributed by atoms with E-state index in [9.17, 15) is 0 Å². The maximum atomic E-state index is 5.75. The lowest BCUT2D eigenvalue weighted by Gasteiger charge is -2.32. The van der Waals surface area contributed by atoms with Crippen LogP contribution in [0.4, 0.5) is 0 Å². The summed E-state index contributed by atoms with van der Waals surface area (Å²) in [6.45, 7) is 8.04. The molecule has 20 heavy (non-hydrogen) atoms. The Bertz CT molecular complexity index is 248. The molecule has 0 aromatic heterocycles. The smallest absolute Gasteiger partial charge is 0.0576 e. The van der Waals surface area contributed by atoms with Crippen molar-refractivity contribution in [2.75, 3.05) is 19.7 Å². The molecule has 2 rings (SSSR count). The minimum atomic E-state index is 0.594. The van der Waals surface area contributed by atoms with E-state index in [0.29, 0.717) is 6.10 Å². The van der Waals surface area contributed by atoms with Crippen LogP contribution in [-0.4, -0.2) is 25.8 Å². The van der Waals surface area contributed by atoms with Crippen molar-refractivity contribution in [1.29, 1.82) is 0 Å². The average Bonchev–Trinajstić information content (AvgIpc) is 2.93. The van der Waals surface area contributed by atoms with E-state index in [1.54, 1.807) is 0 Å². The first kappa shape index (κ1) is 16.3. The summed E-state index contributed by atoms with van der Waals surface area (Å²) >= 11 is 0. The highest BCUT2D eigenvalue weighted by Gasteiger charge is 2.25. The highest BCUT2D eigenvalue weighted by Crippen LogP contribution is 2.33. The standard InChI is InChI=1S/C18H35NO/c1-15(2)13-19-14-17-8-4-3-7-16(17)9-5-10-18-11-6-12-20-18/h15-19H,3-14H2,1-2H3. The van der Waals surface area contributed by atoms with Crippen LogP contribution >= 0.6 is 0 Å². The third-order valence-corrected chi connectivity index (χ3v) is 5.15. The molecule has 3 atom stereocenters. The highest BCUT2D eigenvalue weighted by atomic mass is 16.5. The summed E-state index contributed by atoms with van der Waals surface area (Å²) in [7, 11) is 0. The largest absolute Gasteiger partial charge is 0.378 e. The maximum absolute atomic E-state index is 5.75. The fourth-order valence-corrected chi connectivity index (χ4v) is 3.97. The Kier molecular flexibility index (Phi) is 7.37. The van der Waals surface area contributed by atoms with Crippen molar-refractivity contribution in [2.45, 2.75) is 77.7 Å². The highest BCUT2D eigenvalue weighted by molar-refractivity contribution is 4.78. The van der Waals surface area contributed by atoms with Crippen molar-refractivity contribution in [3.8, 4) is 0 Å². The minimum absolute atomic E-state index is 0.594. The van der Waals surface area contributed by atoms with Gasteiger partial charge in [0.15, 0.2) is 0 Å². The van der Waals surface area contributed by atoms with Crippen LogP contribution in [0, 0.1) is 17.8 Å². The quantitative estimate of drug-likeness (QED) is 0.712. The molecule has 0 bridgehead atoms. The minimum Gasteiger partial charge on any atom is -0.378 e. The van der Waals surface area contributed by atoms with Gasteiger partial charge in [-0.3, -0.25) is 0 Å². The van der Waals surface area contributed by atoms with E-state index < -0.39 is 0 Å². The van der Waals surface area contributed by atoms with E-state index in [0.717, 1.165) is 24.4 Å². The van der Waals surface area contributed by atoms with Gasteiger partial charge in [0.2, 0.25) is 0 Å². The van der Waals surface area contributed by atoms with Crippen molar-refractivity contribution in [3.63, 3.8) is 0 Å². The van der Waals surface area contributed by atoms with Crippen LogP contribution in [0.3, 0.4) is 0 Å². The van der Waals surface area contributed by atoms with Gasteiger partial charge in [-0.2, -0.15) is 0 Å². The summed E-state index contributed by atoms with van der Waals surface area (Å²) in [5.41, 5.74) is 0. The van der Waals surface area contributed by atoms with Gasteiger partial charge in [-0.1, -0.05) is 46.0 Å². The molecule has 1 aliphatic heterocycles. The summed E-state index contributed by atoms with van der Waals surface area (Å²) in [6, 6.07) is 0. The number of hydrogen-bond acceptors (Lipinski definition) is 2. The molecule has 2 aliphatic rings. The summed E-state index contributed by atoms with van der Waals surface area (Å²) in [4.78, 5) is 0. The molecule has 118 valence electrons. The first-order valence-corrected chi connectivity index (χ1v) is 9.08.